The highest BCUT2D eigenvalue weighted by molar-refractivity contribution is 6.76. The third-order valence-electron chi connectivity index (χ3n) is 7.91. The number of rotatable bonds is 11. The Bertz CT molecular complexity index is 1890. The van der Waals surface area contributed by atoms with Crippen LogP contribution in [0.15, 0.2) is 43.0 Å². The van der Waals surface area contributed by atoms with Crippen LogP contribution in [0, 0.1) is 5.82 Å². The molecule has 1 aliphatic rings. The van der Waals surface area contributed by atoms with Crippen LogP contribution in [0.2, 0.25) is 30.7 Å². The number of hydrogen-bond acceptors (Lipinski definition) is 5. The lowest BCUT2D eigenvalue weighted by molar-refractivity contribution is -0.137. The summed E-state index contributed by atoms with van der Waals surface area (Å²) in [4.78, 5) is 17.0. The predicted octanol–water partition coefficient (Wildman–Crippen LogP) is 6.86. The summed E-state index contributed by atoms with van der Waals surface area (Å²) in [6.45, 7) is 6.57. The van der Waals surface area contributed by atoms with Gasteiger partial charge in [-0.1, -0.05) is 42.5 Å². The summed E-state index contributed by atoms with van der Waals surface area (Å²) in [6.07, 6.45) is 1.50. The molecule has 238 valence electrons. The van der Waals surface area contributed by atoms with Gasteiger partial charge in [-0.15, -0.1) is 5.10 Å². The minimum Gasteiger partial charge on any atom is -0.361 e. The maximum absolute atomic E-state index is 14.7. The largest absolute Gasteiger partial charge is 0.418 e. The summed E-state index contributed by atoms with van der Waals surface area (Å²) in [5, 5.41) is 10.5. The van der Waals surface area contributed by atoms with Crippen molar-refractivity contribution in [2.75, 3.05) is 6.61 Å². The first-order valence-corrected chi connectivity index (χ1v) is 18.7. The molecule has 0 spiro atoms. The fraction of sp³-hybridized carbons (Fsp3) is 0.400. The first-order chi connectivity index (χ1) is 21.3. The molecular weight excluding hydrogens is 630 g/mol. The van der Waals surface area contributed by atoms with Crippen LogP contribution < -0.4 is 5.32 Å². The molecule has 0 bridgehead atoms. The molecule has 1 N–H and O–H groups in total. The van der Waals surface area contributed by atoms with E-state index in [0.29, 0.717) is 12.1 Å². The Labute approximate surface area is 262 Å². The van der Waals surface area contributed by atoms with Crippen molar-refractivity contribution in [2.45, 2.75) is 70.4 Å². The fourth-order valence-electron chi connectivity index (χ4n) is 5.36. The van der Waals surface area contributed by atoms with Gasteiger partial charge in [0.05, 0.1) is 53.1 Å². The van der Waals surface area contributed by atoms with Gasteiger partial charge in [-0.3, -0.25) is 4.79 Å². The zero-order chi connectivity index (χ0) is 32.1. The number of aromatic nitrogens is 6. The second-order valence-electron chi connectivity index (χ2n) is 12.6. The van der Waals surface area contributed by atoms with E-state index in [4.69, 9.17) is 16.3 Å². The van der Waals surface area contributed by atoms with Crippen LogP contribution in [0.4, 0.5) is 17.6 Å². The summed E-state index contributed by atoms with van der Waals surface area (Å²) >= 11 is 5.90. The number of nitrogens with zero attached hydrogens (tertiary/aromatic N) is 6. The van der Waals surface area contributed by atoms with E-state index in [2.05, 4.69) is 40.3 Å². The second kappa shape index (κ2) is 11.9. The Hall–Kier alpha value is -3.75. The number of carbonyl (C=O) groups excluding carboxylic acids is 1. The SMILES string of the molecule is C[Si](C)(C)CCOCn1c(Cn2cc(C(=O)NCc3ncn4ccc(Cl)c(F)c34)nn2)c(C(F)(F)F)c2cc(C3CC3)ccc21. The van der Waals surface area contributed by atoms with Crippen molar-refractivity contribution in [1.29, 1.82) is 0 Å². The standard InChI is InChI=1S/C30H32ClF4N7O2Si/c1-45(2,3)11-10-44-17-42-24-7-6-19(18-4-5-18)12-20(24)26(30(33,34)35)25(42)15-41-14-23(38-39-41)29(43)36-13-22-28-27(32)21(31)8-9-40(28)16-37-22/h6-9,12,14,16,18H,4-5,10-11,13,15,17H2,1-3H3,(H,36,43). The van der Waals surface area contributed by atoms with Crippen molar-refractivity contribution in [1.82, 2.24) is 34.3 Å². The molecule has 9 nitrogen and oxygen atoms in total. The van der Waals surface area contributed by atoms with E-state index < -0.39 is 31.5 Å². The molecule has 1 saturated carbocycles. The van der Waals surface area contributed by atoms with E-state index in [1.165, 1.54) is 27.7 Å². The zero-order valence-electron chi connectivity index (χ0n) is 25.0. The number of imidazole rings is 1. The molecule has 4 aromatic heterocycles. The van der Waals surface area contributed by atoms with Crippen LogP contribution in [-0.2, 0) is 30.7 Å². The van der Waals surface area contributed by atoms with Crippen LogP contribution in [0.5, 0.6) is 0 Å². The quantitative estimate of drug-likeness (QED) is 0.0949. The number of fused-ring (bicyclic) bond motifs is 2. The summed E-state index contributed by atoms with van der Waals surface area (Å²) < 4.78 is 68.8. The highest BCUT2D eigenvalue weighted by atomic mass is 35.5. The molecule has 1 aromatic carbocycles. The van der Waals surface area contributed by atoms with Crippen molar-refractivity contribution in [3.05, 3.63) is 82.0 Å². The Kier molecular flexibility index (Phi) is 8.24. The van der Waals surface area contributed by atoms with Gasteiger partial charge in [0, 0.05) is 26.3 Å². The minimum atomic E-state index is -4.65. The third kappa shape index (κ3) is 6.63. The van der Waals surface area contributed by atoms with Gasteiger partial charge < -0.3 is 19.0 Å². The number of carbonyl (C=O) groups is 1. The van der Waals surface area contributed by atoms with E-state index in [1.807, 2.05) is 6.07 Å². The summed E-state index contributed by atoms with van der Waals surface area (Å²) in [5.41, 5.74) is 0.784. The van der Waals surface area contributed by atoms with Crippen LogP contribution >= 0.6 is 11.6 Å². The van der Waals surface area contributed by atoms with Gasteiger partial charge in [-0.25, -0.2) is 14.1 Å². The number of ether oxygens (including phenoxy) is 1. The summed E-state index contributed by atoms with van der Waals surface area (Å²) in [5.74, 6) is -1.04. The molecular formula is C30H32ClF4N7O2Si. The van der Waals surface area contributed by atoms with Gasteiger partial charge in [0.15, 0.2) is 11.5 Å². The predicted molar refractivity (Wildman–Crippen MR) is 163 cm³/mol. The lowest BCUT2D eigenvalue weighted by Crippen LogP contribution is -2.23. The Morgan fingerprint density at radius 1 is 1.20 bits per heavy atom. The van der Waals surface area contributed by atoms with Gasteiger partial charge in [-0.2, -0.15) is 13.2 Å². The number of alkyl halides is 3. The zero-order valence-corrected chi connectivity index (χ0v) is 26.7. The first kappa shape index (κ1) is 31.2. The van der Waals surface area contributed by atoms with Crippen LogP contribution in [0.1, 0.15) is 51.8 Å². The van der Waals surface area contributed by atoms with E-state index in [0.717, 1.165) is 24.4 Å². The number of amides is 1. The van der Waals surface area contributed by atoms with Gasteiger partial charge in [0.25, 0.3) is 5.91 Å². The van der Waals surface area contributed by atoms with Crippen molar-refractivity contribution in [3.63, 3.8) is 0 Å². The van der Waals surface area contributed by atoms with Crippen LogP contribution in [0.3, 0.4) is 0 Å². The van der Waals surface area contributed by atoms with Gasteiger partial charge in [0.1, 0.15) is 12.2 Å². The maximum Gasteiger partial charge on any atom is 0.418 e. The monoisotopic (exact) mass is 661 g/mol. The smallest absolute Gasteiger partial charge is 0.361 e. The number of halogens is 5. The molecule has 1 fully saturated rings. The number of hydrogen-bond donors (Lipinski definition) is 1. The van der Waals surface area contributed by atoms with Crippen LogP contribution in [-0.4, -0.2) is 49.5 Å². The molecule has 15 heteroatoms. The van der Waals surface area contributed by atoms with E-state index in [9.17, 15) is 22.4 Å². The van der Waals surface area contributed by atoms with Gasteiger partial charge in [-0.05, 0) is 48.6 Å². The molecule has 0 saturated heterocycles. The molecule has 0 atom stereocenters. The van der Waals surface area contributed by atoms with Crippen molar-refractivity contribution in [2.24, 2.45) is 0 Å². The average molecular weight is 662 g/mol. The minimum absolute atomic E-state index is 0.0351. The first-order valence-electron chi connectivity index (χ1n) is 14.6. The highest BCUT2D eigenvalue weighted by Crippen LogP contribution is 2.45. The number of pyridine rings is 1. The molecule has 0 radical (unpaired) electrons. The molecule has 6 rings (SSSR count). The molecule has 0 aliphatic heterocycles. The van der Waals surface area contributed by atoms with Crippen LogP contribution in [0.25, 0.3) is 16.4 Å². The summed E-state index contributed by atoms with van der Waals surface area (Å²) in [7, 11) is -1.42. The Balaban J connectivity index is 1.27. The lowest BCUT2D eigenvalue weighted by Gasteiger charge is -2.17. The average Bonchev–Trinajstić information content (AvgIpc) is 3.44. The highest BCUT2D eigenvalue weighted by Gasteiger charge is 2.39. The topological polar surface area (TPSA) is 91.3 Å². The molecule has 1 amide bonds. The number of nitrogens with one attached hydrogen (secondary N) is 1. The molecule has 4 heterocycles. The van der Waals surface area contributed by atoms with E-state index in [1.54, 1.807) is 22.9 Å². The van der Waals surface area contributed by atoms with Crippen molar-refractivity contribution in [3.8, 4) is 0 Å². The molecule has 0 unspecified atom stereocenters. The lowest BCUT2D eigenvalue weighted by atomic mass is 10.0. The van der Waals surface area contributed by atoms with Gasteiger partial charge >= 0.3 is 6.18 Å². The van der Waals surface area contributed by atoms with Crippen molar-refractivity contribution < 1.29 is 27.1 Å². The third-order valence-corrected chi connectivity index (χ3v) is 9.91. The normalized spacial score (nSPS) is 14.1. The molecule has 5 aromatic rings. The van der Waals surface area contributed by atoms with E-state index in [-0.39, 0.29) is 58.7 Å². The number of benzene rings is 1. The fourth-order valence-corrected chi connectivity index (χ4v) is 6.26. The molecule has 1 aliphatic carbocycles. The van der Waals surface area contributed by atoms with E-state index >= 15 is 0 Å². The van der Waals surface area contributed by atoms with Gasteiger partial charge in [0.2, 0.25) is 0 Å². The maximum atomic E-state index is 14.7. The van der Waals surface area contributed by atoms with Crippen molar-refractivity contribution >= 4 is 42.0 Å². The molecule has 45 heavy (non-hydrogen) atoms. The Morgan fingerprint density at radius 3 is 2.69 bits per heavy atom. The second-order valence-corrected chi connectivity index (χ2v) is 18.6. The Morgan fingerprint density at radius 2 is 1.98 bits per heavy atom. The summed E-state index contributed by atoms with van der Waals surface area (Å²) in [6, 6.07) is 7.54.